The van der Waals surface area contributed by atoms with Gasteiger partial charge in [0.1, 0.15) is 11.5 Å². The van der Waals surface area contributed by atoms with Crippen LogP contribution in [0.15, 0.2) is 28.8 Å². The third-order valence-electron chi connectivity index (χ3n) is 3.53. The minimum absolute atomic E-state index is 0.347. The summed E-state index contributed by atoms with van der Waals surface area (Å²) in [5.41, 5.74) is 3.32. The van der Waals surface area contributed by atoms with Gasteiger partial charge >= 0.3 is 0 Å². The minimum Gasteiger partial charge on any atom is -0.496 e. The summed E-state index contributed by atoms with van der Waals surface area (Å²) in [5, 5.41) is 7.48. The van der Waals surface area contributed by atoms with Crippen molar-refractivity contribution < 1.29 is 9.26 Å². The summed E-state index contributed by atoms with van der Waals surface area (Å²) in [6.07, 6.45) is 0.924. The number of para-hydroxylation sites is 1. The van der Waals surface area contributed by atoms with Gasteiger partial charge in [-0.3, -0.25) is 0 Å². The molecule has 0 radical (unpaired) electrons. The maximum atomic E-state index is 5.38. The summed E-state index contributed by atoms with van der Waals surface area (Å²) < 4.78 is 10.6. The average molecular weight is 274 g/mol. The molecule has 1 N–H and O–H groups in total. The van der Waals surface area contributed by atoms with E-state index in [0.29, 0.717) is 6.04 Å². The van der Waals surface area contributed by atoms with Gasteiger partial charge in [-0.25, -0.2) is 0 Å². The molecule has 0 aliphatic rings. The number of hydrogen-bond donors (Lipinski definition) is 1. The molecule has 0 aliphatic carbocycles. The largest absolute Gasteiger partial charge is 0.496 e. The van der Waals surface area contributed by atoms with Crippen LogP contribution < -0.4 is 10.1 Å². The van der Waals surface area contributed by atoms with Crippen LogP contribution in [0.1, 0.15) is 29.5 Å². The number of rotatable bonds is 6. The second-order valence-corrected chi connectivity index (χ2v) is 5.10. The Kier molecular flexibility index (Phi) is 4.79. The molecule has 4 nitrogen and oxygen atoms in total. The Morgan fingerprint density at radius 3 is 2.70 bits per heavy atom. The molecular weight excluding hydrogens is 252 g/mol. The van der Waals surface area contributed by atoms with Crippen molar-refractivity contribution in [2.45, 2.75) is 39.8 Å². The van der Waals surface area contributed by atoms with E-state index in [-0.39, 0.29) is 0 Å². The highest BCUT2D eigenvalue weighted by atomic mass is 16.5. The van der Waals surface area contributed by atoms with E-state index < -0.39 is 0 Å². The number of aromatic nitrogens is 1. The number of aryl methyl sites for hydroxylation is 2. The van der Waals surface area contributed by atoms with Gasteiger partial charge in [-0.15, -0.1) is 0 Å². The SMILES string of the molecule is COc1ccccc1C[C@@H](C)NCc1c(C)noc1C. The maximum absolute atomic E-state index is 5.38. The van der Waals surface area contributed by atoms with E-state index in [1.807, 2.05) is 32.0 Å². The molecule has 0 aliphatic heterocycles. The fraction of sp³-hybridized carbons (Fsp3) is 0.438. The van der Waals surface area contributed by atoms with E-state index in [2.05, 4.69) is 23.5 Å². The van der Waals surface area contributed by atoms with Gasteiger partial charge in [-0.2, -0.15) is 0 Å². The van der Waals surface area contributed by atoms with E-state index in [0.717, 1.165) is 35.7 Å². The lowest BCUT2D eigenvalue weighted by atomic mass is 10.1. The molecule has 0 fully saturated rings. The number of benzene rings is 1. The normalized spacial score (nSPS) is 12.4. The fourth-order valence-electron chi connectivity index (χ4n) is 2.30. The molecule has 108 valence electrons. The van der Waals surface area contributed by atoms with Crippen LogP contribution in [0.25, 0.3) is 0 Å². The van der Waals surface area contributed by atoms with Crippen LogP contribution in [0.5, 0.6) is 5.75 Å². The molecule has 1 aromatic carbocycles. The van der Waals surface area contributed by atoms with Crippen LogP contribution in [0.4, 0.5) is 0 Å². The zero-order valence-electron chi connectivity index (χ0n) is 12.6. The van der Waals surface area contributed by atoms with Crippen LogP contribution in [0.2, 0.25) is 0 Å². The summed E-state index contributed by atoms with van der Waals surface area (Å²) in [6, 6.07) is 8.48. The topological polar surface area (TPSA) is 47.3 Å². The van der Waals surface area contributed by atoms with E-state index in [1.54, 1.807) is 7.11 Å². The summed E-state index contributed by atoms with van der Waals surface area (Å²) in [5.74, 6) is 1.83. The Morgan fingerprint density at radius 2 is 2.05 bits per heavy atom. The lowest BCUT2D eigenvalue weighted by Crippen LogP contribution is -2.28. The number of nitrogens with zero attached hydrogens (tertiary/aromatic N) is 1. The van der Waals surface area contributed by atoms with Crippen molar-refractivity contribution in [3.8, 4) is 5.75 Å². The molecule has 0 unspecified atom stereocenters. The van der Waals surface area contributed by atoms with Gasteiger partial charge in [0.25, 0.3) is 0 Å². The highest BCUT2D eigenvalue weighted by Gasteiger charge is 2.11. The molecule has 0 amide bonds. The molecule has 0 saturated carbocycles. The first-order valence-electron chi connectivity index (χ1n) is 6.88. The van der Waals surface area contributed by atoms with Crippen LogP contribution in [-0.4, -0.2) is 18.3 Å². The van der Waals surface area contributed by atoms with E-state index in [4.69, 9.17) is 9.26 Å². The molecule has 1 aromatic heterocycles. The van der Waals surface area contributed by atoms with Gasteiger partial charge < -0.3 is 14.6 Å². The second-order valence-electron chi connectivity index (χ2n) is 5.10. The van der Waals surface area contributed by atoms with Gasteiger partial charge in [0.2, 0.25) is 0 Å². The predicted octanol–water partition coefficient (Wildman–Crippen LogP) is 3.02. The van der Waals surface area contributed by atoms with Crippen molar-refractivity contribution in [1.82, 2.24) is 10.5 Å². The Bertz CT molecular complexity index is 544. The third kappa shape index (κ3) is 3.39. The van der Waals surface area contributed by atoms with Gasteiger partial charge in [0.05, 0.1) is 12.8 Å². The molecule has 1 atom stereocenters. The van der Waals surface area contributed by atoms with Gasteiger partial charge in [-0.05, 0) is 38.8 Å². The lowest BCUT2D eigenvalue weighted by Gasteiger charge is -2.15. The number of nitrogens with one attached hydrogen (secondary N) is 1. The van der Waals surface area contributed by atoms with E-state index >= 15 is 0 Å². The first-order chi connectivity index (χ1) is 9.61. The van der Waals surface area contributed by atoms with E-state index in [9.17, 15) is 0 Å². The molecule has 4 heteroatoms. The van der Waals surface area contributed by atoms with Crippen molar-refractivity contribution in [2.24, 2.45) is 0 Å². The summed E-state index contributed by atoms with van der Waals surface area (Å²) in [6.45, 7) is 6.86. The molecule has 2 rings (SSSR count). The zero-order valence-corrected chi connectivity index (χ0v) is 12.6. The van der Waals surface area contributed by atoms with Crippen molar-refractivity contribution in [3.63, 3.8) is 0 Å². The first-order valence-corrected chi connectivity index (χ1v) is 6.88. The Balaban J connectivity index is 1.94. The van der Waals surface area contributed by atoms with Gasteiger partial charge in [-0.1, -0.05) is 23.4 Å². The standard InChI is InChI=1S/C16H22N2O2/c1-11(9-14-7-5-6-8-16(14)19-4)17-10-15-12(2)18-20-13(15)3/h5-8,11,17H,9-10H2,1-4H3/t11-/m1/s1. The van der Waals surface area contributed by atoms with Crippen LogP contribution >= 0.6 is 0 Å². The Morgan fingerprint density at radius 1 is 1.30 bits per heavy atom. The lowest BCUT2D eigenvalue weighted by molar-refractivity contribution is 0.391. The predicted molar refractivity (Wildman–Crippen MR) is 79.0 cm³/mol. The molecule has 0 spiro atoms. The first kappa shape index (κ1) is 14.6. The van der Waals surface area contributed by atoms with Crippen LogP contribution in [0.3, 0.4) is 0 Å². The van der Waals surface area contributed by atoms with Gasteiger partial charge in [0, 0.05) is 18.2 Å². The maximum Gasteiger partial charge on any atom is 0.138 e. The van der Waals surface area contributed by atoms with E-state index in [1.165, 1.54) is 5.56 Å². The summed E-state index contributed by atoms with van der Waals surface area (Å²) in [4.78, 5) is 0. The number of hydrogen-bond acceptors (Lipinski definition) is 4. The third-order valence-corrected chi connectivity index (χ3v) is 3.53. The highest BCUT2D eigenvalue weighted by Crippen LogP contribution is 2.19. The van der Waals surface area contributed by atoms with Gasteiger partial charge in [0.15, 0.2) is 0 Å². The highest BCUT2D eigenvalue weighted by molar-refractivity contribution is 5.33. The molecule has 20 heavy (non-hydrogen) atoms. The Hall–Kier alpha value is -1.81. The summed E-state index contributed by atoms with van der Waals surface area (Å²) in [7, 11) is 1.71. The smallest absolute Gasteiger partial charge is 0.138 e. The van der Waals surface area contributed by atoms with Crippen LogP contribution in [0, 0.1) is 13.8 Å². The molecule has 2 aromatic rings. The van der Waals surface area contributed by atoms with Crippen molar-refractivity contribution >= 4 is 0 Å². The number of methoxy groups -OCH3 is 1. The number of ether oxygens (including phenoxy) is 1. The van der Waals surface area contributed by atoms with Crippen molar-refractivity contribution in [1.29, 1.82) is 0 Å². The summed E-state index contributed by atoms with van der Waals surface area (Å²) >= 11 is 0. The van der Waals surface area contributed by atoms with Crippen molar-refractivity contribution in [2.75, 3.05) is 7.11 Å². The molecule has 0 saturated heterocycles. The monoisotopic (exact) mass is 274 g/mol. The minimum atomic E-state index is 0.347. The Labute approximate surface area is 120 Å². The molecule has 1 heterocycles. The van der Waals surface area contributed by atoms with Crippen molar-refractivity contribution in [3.05, 3.63) is 46.8 Å². The van der Waals surface area contributed by atoms with Crippen LogP contribution in [-0.2, 0) is 13.0 Å². The zero-order chi connectivity index (χ0) is 14.5. The quantitative estimate of drug-likeness (QED) is 0.879. The average Bonchev–Trinajstić information content (AvgIpc) is 2.76. The fourth-order valence-corrected chi connectivity index (χ4v) is 2.30. The second kappa shape index (κ2) is 6.57. The molecule has 0 bridgehead atoms. The molecular formula is C16H22N2O2.